The molecule has 0 aromatic heterocycles. The summed E-state index contributed by atoms with van der Waals surface area (Å²) in [6.07, 6.45) is 0.375. The first-order chi connectivity index (χ1) is 8.02. The number of amides is 1. The quantitative estimate of drug-likeness (QED) is 0.844. The maximum Gasteiger partial charge on any atom is 0.225 e. The molecule has 0 aliphatic rings. The Morgan fingerprint density at radius 1 is 1.41 bits per heavy atom. The normalized spacial score (nSPS) is 12.0. The fourth-order valence-electron chi connectivity index (χ4n) is 1.46. The highest BCUT2D eigenvalue weighted by Gasteiger charge is 2.08. The van der Waals surface area contributed by atoms with Crippen molar-refractivity contribution in [1.29, 1.82) is 0 Å². The zero-order chi connectivity index (χ0) is 12.8. The smallest absolute Gasteiger partial charge is 0.225 e. The lowest BCUT2D eigenvalue weighted by Crippen LogP contribution is -2.23. The van der Waals surface area contributed by atoms with Crippen LogP contribution in [0.2, 0.25) is 0 Å². The van der Waals surface area contributed by atoms with Gasteiger partial charge < -0.3 is 15.4 Å². The predicted octanol–water partition coefficient (Wildman–Crippen LogP) is 1.56. The topological polar surface area (TPSA) is 55.6 Å². The van der Waals surface area contributed by atoms with Gasteiger partial charge in [-0.2, -0.15) is 0 Å². The molecule has 1 atom stereocenters. The van der Waals surface area contributed by atoms with Gasteiger partial charge in [0.15, 0.2) is 0 Å². The van der Waals surface area contributed by atoms with Crippen LogP contribution in [0.3, 0.4) is 0 Å². The Morgan fingerprint density at radius 3 is 2.65 bits per heavy atom. The summed E-state index contributed by atoms with van der Waals surface area (Å²) >= 11 is 0. The van der Waals surface area contributed by atoms with Gasteiger partial charge in [-0.3, -0.25) is 4.79 Å². The molecule has 0 aliphatic carbocycles. The molecule has 0 aliphatic heterocycles. The summed E-state index contributed by atoms with van der Waals surface area (Å²) in [6.45, 7) is 2.29. The molecule has 4 nitrogen and oxygen atoms in total. The van der Waals surface area contributed by atoms with Gasteiger partial charge in [-0.05, 0) is 13.0 Å². The average molecular weight is 236 g/mol. The lowest BCUT2D eigenvalue weighted by atomic mass is 10.1. The largest absolute Gasteiger partial charge is 0.493 e. The Kier molecular flexibility index (Phi) is 4.97. The molecule has 2 N–H and O–H groups in total. The molecule has 0 heterocycles. The number of nitrogens with two attached hydrogens (primary N) is 1. The number of carbonyl (C=O) groups is 1. The van der Waals surface area contributed by atoms with Crippen LogP contribution in [0, 0.1) is 0 Å². The molecule has 1 amide bonds. The maximum absolute atomic E-state index is 11.4. The van der Waals surface area contributed by atoms with Gasteiger partial charge >= 0.3 is 0 Å². The molecule has 1 aromatic carbocycles. The lowest BCUT2D eigenvalue weighted by Gasteiger charge is -2.14. The minimum Gasteiger partial charge on any atom is -0.493 e. The molecule has 0 saturated carbocycles. The van der Waals surface area contributed by atoms with E-state index in [1.807, 2.05) is 31.2 Å². The van der Waals surface area contributed by atoms with E-state index in [1.54, 1.807) is 19.0 Å². The van der Waals surface area contributed by atoms with Gasteiger partial charge in [0.2, 0.25) is 5.91 Å². The fraction of sp³-hybridized carbons (Fsp3) is 0.462. The summed E-state index contributed by atoms with van der Waals surface area (Å²) in [5, 5.41) is 0. The minimum absolute atomic E-state index is 0.0586. The number of ether oxygens (including phenoxy) is 1. The van der Waals surface area contributed by atoms with Crippen molar-refractivity contribution in [1.82, 2.24) is 4.90 Å². The number of hydrogen-bond donors (Lipinski definition) is 1. The average Bonchev–Trinajstić information content (AvgIpc) is 2.29. The third kappa shape index (κ3) is 4.07. The number of rotatable bonds is 5. The monoisotopic (exact) mass is 236 g/mol. The number of carbonyl (C=O) groups excluding carboxylic acids is 1. The standard InChI is InChI=1S/C13H20N2O2/c1-10(14)11-6-4-5-7-12(11)17-9-8-13(16)15(2)3/h4-7,10H,8-9,14H2,1-3H3/t10-/m1/s1. The second-order valence-electron chi connectivity index (χ2n) is 4.21. The zero-order valence-corrected chi connectivity index (χ0v) is 10.6. The molecule has 0 radical (unpaired) electrons. The van der Waals surface area contributed by atoms with Crippen molar-refractivity contribution in [2.75, 3.05) is 20.7 Å². The van der Waals surface area contributed by atoms with E-state index in [0.29, 0.717) is 13.0 Å². The van der Waals surface area contributed by atoms with Gasteiger partial charge in [0.25, 0.3) is 0 Å². The summed E-state index contributed by atoms with van der Waals surface area (Å²) in [4.78, 5) is 12.9. The Labute approximate surface area is 102 Å². The van der Waals surface area contributed by atoms with E-state index in [9.17, 15) is 4.79 Å². The van der Waals surface area contributed by atoms with E-state index in [1.165, 1.54) is 0 Å². The third-order valence-corrected chi connectivity index (χ3v) is 2.48. The van der Waals surface area contributed by atoms with Crippen LogP contribution >= 0.6 is 0 Å². The molecule has 17 heavy (non-hydrogen) atoms. The van der Waals surface area contributed by atoms with Gasteiger partial charge in [0.1, 0.15) is 5.75 Å². The van der Waals surface area contributed by atoms with Crippen LogP contribution in [-0.4, -0.2) is 31.5 Å². The first kappa shape index (κ1) is 13.5. The van der Waals surface area contributed by atoms with E-state index >= 15 is 0 Å². The van der Waals surface area contributed by atoms with Crippen LogP contribution in [0.15, 0.2) is 24.3 Å². The first-order valence-corrected chi connectivity index (χ1v) is 5.70. The summed E-state index contributed by atoms with van der Waals surface area (Å²) in [7, 11) is 3.47. The van der Waals surface area contributed by atoms with Crippen LogP contribution < -0.4 is 10.5 Å². The highest BCUT2D eigenvalue weighted by Crippen LogP contribution is 2.23. The molecule has 1 rings (SSSR count). The van der Waals surface area contributed by atoms with Gasteiger partial charge in [-0.1, -0.05) is 18.2 Å². The predicted molar refractivity (Wildman–Crippen MR) is 67.9 cm³/mol. The molecule has 1 aromatic rings. The Morgan fingerprint density at radius 2 is 2.06 bits per heavy atom. The summed E-state index contributed by atoms with van der Waals surface area (Å²) in [6, 6.07) is 7.56. The Hall–Kier alpha value is -1.55. The molecule has 0 spiro atoms. The van der Waals surface area contributed by atoms with Crippen LogP contribution in [0.25, 0.3) is 0 Å². The summed E-state index contributed by atoms with van der Waals surface area (Å²) in [5.74, 6) is 0.817. The SMILES string of the molecule is C[C@@H](N)c1ccccc1OCCC(=O)N(C)C. The van der Waals surface area contributed by atoms with E-state index in [4.69, 9.17) is 10.5 Å². The summed E-state index contributed by atoms with van der Waals surface area (Å²) in [5.41, 5.74) is 6.80. The maximum atomic E-state index is 11.4. The van der Waals surface area contributed by atoms with Crippen molar-refractivity contribution in [3.8, 4) is 5.75 Å². The summed E-state index contributed by atoms with van der Waals surface area (Å²) < 4.78 is 5.59. The first-order valence-electron chi connectivity index (χ1n) is 5.70. The van der Waals surface area contributed by atoms with E-state index in [0.717, 1.165) is 11.3 Å². The second-order valence-corrected chi connectivity index (χ2v) is 4.21. The van der Waals surface area contributed by atoms with Gasteiger partial charge in [0, 0.05) is 25.7 Å². The van der Waals surface area contributed by atoms with Crippen LogP contribution in [0.5, 0.6) is 5.75 Å². The molecule has 0 saturated heterocycles. The van der Waals surface area contributed by atoms with Crippen LogP contribution in [0.4, 0.5) is 0 Å². The molecular weight excluding hydrogens is 216 g/mol. The second kappa shape index (κ2) is 6.25. The molecule has 94 valence electrons. The third-order valence-electron chi connectivity index (χ3n) is 2.48. The highest BCUT2D eigenvalue weighted by atomic mass is 16.5. The molecule has 4 heteroatoms. The highest BCUT2D eigenvalue weighted by molar-refractivity contribution is 5.75. The van der Waals surface area contributed by atoms with Gasteiger partial charge in [-0.25, -0.2) is 0 Å². The van der Waals surface area contributed by atoms with Gasteiger partial charge in [-0.15, -0.1) is 0 Å². The lowest BCUT2D eigenvalue weighted by molar-refractivity contribution is -0.129. The van der Waals surface area contributed by atoms with Crippen molar-refractivity contribution in [3.05, 3.63) is 29.8 Å². The van der Waals surface area contributed by atoms with Crippen LogP contribution in [0.1, 0.15) is 24.9 Å². The Bertz CT molecular complexity index is 375. The molecule has 0 unspecified atom stereocenters. The number of benzene rings is 1. The number of nitrogens with zero attached hydrogens (tertiary/aromatic N) is 1. The van der Waals surface area contributed by atoms with Crippen molar-refractivity contribution in [3.63, 3.8) is 0 Å². The van der Waals surface area contributed by atoms with E-state index in [-0.39, 0.29) is 11.9 Å². The van der Waals surface area contributed by atoms with E-state index in [2.05, 4.69) is 0 Å². The van der Waals surface area contributed by atoms with Crippen molar-refractivity contribution < 1.29 is 9.53 Å². The number of para-hydroxylation sites is 1. The Balaban J connectivity index is 2.55. The van der Waals surface area contributed by atoms with Crippen LogP contribution in [-0.2, 0) is 4.79 Å². The van der Waals surface area contributed by atoms with Gasteiger partial charge in [0.05, 0.1) is 13.0 Å². The van der Waals surface area contributed by atoms with Crippen molar-refractivity contribution >= 4 is 5.91 Å². The number of hydrogen-bond acceptors (Lipinski definition) is 3. The molecule has 0 fully saturated rings. The fourth-order valence-corrected chi connectivity index (χ4v) is 1.46. The van der Waals surface area contributed by atoms with Crippen molar-refractivity contribution in [2.45, 2.75) is 19.4 Å². The zero-order valence-electron chi connectivity index (χ0n) is 10.6. The molecular formula is C13H20N2O2. The minimum atomic E-state index is -0.0734. The molecule has 0 bridgehead atoms. The van der Waals surface area contributed by atoms with E-state index < -0.39 is 0 Å². The van der Waals surface area contributed by atoms with Crippen molar-refractivity contribution in [2.24, 2.45) is 5.73 Å².